The highest BCUT2D eigenvalue weighted by Gasteiger charge is 2.29. The van der Waals surface area contributed by atoms with Gasteiger partial charge in [0.2, 0.25) is 0 Å². The van der Waals surface area contributed by atoms with Gasteiger partial charge < -0.3 is 10.6 Å². The minimum atomic E-state index is 0.0677. The van der Waals surface area contributed by atoms with Gasteiger partial charge in [-0.15, -0.1) is 0 Å². The maximum atomic E-state index is 12.4. The van der Waals surface area contributed by atoms with Crippen LogP contribution in [0.25, 0.3) is 0 Å². The van der Waals surface area contributed by atoms with Crippen LogP contribution in [-0.2, 0) is 0 Å². The van der Waals surface area contributed by atoms with E-state index in [-0.39, 0.29) is 11.9 Å². The monoisotopic (exact) mass is 266 g/mol. The Bertz CT molecular complexity index is 459. The molecule has 0 spiro atoms. The number of hydrogen-bond acceptors (Lipinski definition) is 2. The molecule has 1 amide bonds. The van der Waals surface area contributed by atoms with Gasteiger partial charge in [-0.1, -0.05) is 17.7 Å². The summed E-state index contributed by atoms with van der Waals surface area (Å²) >= 11 is 6.05. The van der Waals surface area contributed by atoms with Crippen molar-refractivity contribution < 1.29 is 4.79 Å². The minimum Gasteiger partial charge on any atom is -0.338 e. The Balaban J connectivity index is 2.16. The molecule has 0 aromatic heterocycles. The number of hydrogen-bond donors (Lipinski definition) is 1. The second kappa shape index (κ2) is 5.29. The fraction of sp³-hybridized carbons (Fsp3) is 0.500. The predicted octanol–water partition coefficient (Wildman–Crippen LogP) is 2.46. The maximum absolute atomic E-state index is 12.4. The minimum absolute atomic E-state index is 0.0677. The number of amides is 1. The quantitative estimate of drug-likeness (QED) is 0.894. The molecule has 98 valence electrons. The molecule has 1 heterocycles. The van der Waals surface area contributed by atoms with Gasteiger partial charge in [0, 0.05) is 29.7 Å². The molecule has 18 heavy (non-hydrogen) atoms. The lowest BCUT2D eigenvalue weighted by Gasteiger charge is -2.19. The fourth-order valence-corrected chi connectivity index (χ4v) is 2.58. The van der Waals surface area contributed by atoms with Crippen molar-refractivity contribution in [1.29, 1.82) is 0 Å². The van der Waals surface area contributed by atoms with Crippen LogP contribution in [0, 0.1) is 12.8 Å². The molecule has 1 saturated heterocycles. The topological polar surface area (TPSA) is 46.3 Å². The molecule has 1 fully saturated rings. The van der Waals surface area contributed by atoms with Gasteiger partial charge in [-0.05, 0) is 43.9 Å². The van der Waals surface area contributed by atoms with Crippen molar-refractivity contribution in [3.05, 3.63) is 34.3 Å². The van der Waals surface area contributed by atoms with Crippen molar-refractivity contribution in [3.8, 4) is 0 Å². The van der Waals surface area contributed by atoms with Crippen LogP contribution < -0.4 is 5.73 Å². The van der Waals surface area contributed by atoms with Crippen molar-refractivity contribution in [1.82, 2.24) is 4.90 Å². The van der Waals surface area contributed by atoms with Gasteiger partial charge in [-0.2, -0.15) is 0 Å². The van der Waals surface area contributed by atoms with E-state index in [0.29, 0.717) is 16.5 Å². The SMILES string of the molecule is Cc1c(Cl)cccc1C(=O)N1CCC(C(C)N)C1. The van der Waals surface area contributed by atoms with Crippen molar-refractivity contribution in [2.45, 2.75) is 26.3 Å². The highest BCUT2D eigenvalue weighted by molar-refractivity contribution is 6.31. The number of nitrogens with two attached hydrogens (primary N) is 1. The number of benzene rings is 1. The highest BCUT2D eigenvalue weighted by Crippen LogP contribution is 2.24. The second-order valence-electron chi connectivity index (χ2n) is 5.07. The highest BCUT2D eigenvalue weighted by atomic mass is 35.5. The molecule has 0 saturated carbocycles. The van der Waals surface area contributed by atoms with E-state index in [1.54, 1.807) is 0 Å². The summed E-state index contributed by atoms with van der Waals surface area (Å²) in [5.41, 5.74) is 7.45. The summed E-state index contributed by atoms with van der Waals surface area (Å²) in [6, 6.07) is 5.61. The second-order valence-corrected chi connectivity index (χ2v) is 5.48. The molecule has 4 heteroatoms. The Morgan fingerprint density at radius 1 is 1.56 bits per heavy atom. The van der Waals surface area contributed by atoms with Crippen molar-refractivity contribution >= 4 is 17.5 Å². The Morgan fingerprint density at radius 3 is 2.89 bits per heavy atom. The Hall–Kier alpha value is -1.06. The average molecular weight is 267 g/mol. The van der Waals surface area contributed by atoms with E-state index in [1.165, 1.54) is 0 Å². The molecule has 1 aromatic rings. The van der Waals surface area contributed by atoms with E-state index < -0.39 is 0 Å². The molecular weight excluding hydrogens is 248 g/mol. The van der Waals surface area contributed by atoms with Crippen LogP contribution in [0.1, 0.15) is 29.3 Å². The maximum Gasteiger partial charge on any atom is 0.254 e. The third kappa shape index (κ3) is 2.52. The van der Waals surface area contributed by atoms with Crippen LogP contribution >= 0.6 is 11.6 Å². The van der Waals surface area contributed by atoms with E-state index >= 15 is 0 Å². The van der Waals surface area contributed by atoms with Crippen LogP contribution in [-0.4, -0.2) is 29.9 Å². The molecule has 1 aromatic carbocycles. The lowest BCUT2D eigenvalue weighted by molar-refractivity contribution is 0.0785. The van der Waals surface area contributed by atoms with Gasteiger partial charge in [0.15, 0.2) is 0 Å². The number of nitrogens with zero attached hydrogens (tertiary/aromatic N) is 1. The van der Waals surface area contributed by atoms with E-state index in [4.69, 9.17) is 17.3 Å². The van der Waals surface area contributed by atoms with E-state index in [2.05, 4.69) is 0 Å². The Morgan fingerprint density at radius 2 is 2.28 bits per heavy atom. The summed E-state index contributed by atoms with van der Waals surface area (Å²) in [6.07, 6.45) is 0.989. The van der Waals surface area contributed by atoms with Crippen LogP contribution in [0.15, 0.2) is 18.2 Å². The van der Waals surface area contributed by atoms with Crippen molar-refractivity contribution in [2.24, 2.45) is 11.7 Å². The number of halogens is 1. The molecule has 2 N–H and O–H groups in total. The summed E-state index contributed by atoms with van der Waals surface area (Å²) in [7, 11) is 0. The van der Waals surface area contributed by atoms with Crippen LogP contribution in [0.5, 0.6) is 0 Å². The summed E-state index contributed by atoms with van der Waals surface area (Å²) in [5.74, 6) is 0.478. The molecule has 3 nitrogen and oxygen atoms in total. The van der Waals surface area contributed by atoms with E-state index in [1.807, 2.05) is 36.9 Å². The molecular formula is C14H19ClN2O. The molecule has 2 unspecified atom stereocenters. The van der Waals surface area contributed by atoms with Gasteiger partial charge in [-0.25, -0.2) is 0 Å². The van der Waals surface area contributed by atoms with Crippen LogP contribution in [0.3, 0.4) is 0 Å². The fourth-order valence-electron chi connectivity index (χ4n) is 2.41. The molecule has 2 atom stereocenters. The Labute approximate surface area is 113 Å². The third-order valence-corrected chi connectivity index (χ3v) is 4.16. The van der Waals surface area contributed by atoms with Crippen LogP contribution in [0.2, 0.25) is 5.02 Å². The zero-order valence-electron chi connectivity index (χ0n) is 10.8. The van der Waals surface area contributed by atoms with Crippen LogP contribution in [0.4, 0.5) is 0 Å². The number of carbonyl (C=O) groups is 1. The molecule has 1 aliphatic rings. The molecule has 1 aliphatic heterocycles. The van der Waals surface area contributed by atoms with E-state index in [9.17, 15) is 4.79 Å². The van der Waals surface area contributed by atoms with Gasteiger partial charge in [-0.3, -0.25) is 4.79 Å². The predicted molar refractivity (Wildman–Crippen MR) is 73.8 cm³/mol. The lowest BCUT2D eigenvalue weighted by Crippen LogP contribution is -2.33. The first kappa shape index (κ1) is 13.4. The Kier molecular flexibility index (Phi) is 3.93. The number of likely N-dealkylation sites (tertiary alicyclic amines) is 1. The number of carbonyl (C=O) groups excluding carboxylic acids is 1. The van der Waals surface area contributed by atoms with Gasteiger partial charge in [0.05, 0.1) is 0 Å². The zero-order valence-corrected chi connectivity index (χ0v) is 11.6. The first-order chi connectivity index (χ1) is 8.50. The molecule has 0 radical (unpaired) electrons. The zero-order chi connectivity index (χ0) is 13.3. The molecule has 0 aliphatic carbocycles. The third-order valence-electron chi connectivity index (χ3n) is 3.75. The normalized spacial score (nSPS) is 21.1. The first-order valence-electron chi connectivity index (χ1n) is 6.30. The lowest BCUT2D eigenvalue weighted by atomic mass is 10.0. The standard InChI is InChI=1S/C14H19ClN2O/c1-9-12(4-3-5-13(9)15)14(18)17-7-6-11(8-17)10(2)16/h3-5,10-11H,6-8,16H2,1-2H3. The average Bonchev–Trinajstić information content (AvgIpc) is 2.81. The van der Waals surface area contributed by atoms with Crippen molar-refractivity contribution in [2.75, 3.05) is 13.1 Å². The number of rotatable bonds is 2. The largest absolute Gasteiger partial charge is 0.338 e. The summed E-state index contributed by atoms with van der Waals surface area (Å²) in [6.45, 7) is 5.43. The summed E-state index contributed by atoms with van der Waals surface area (Å²) < 4.78 is 0. The first-order valence-corrected chi connectivity index (χ1v) is 6.68. The van der Waals surface area contributed by atoms with Gasteiger partial charge in [0.25, 0.3) is 5.91 Å². The van der Waals surface area contributed by atoms with Crippen molar-refractivity contribution in [3.63, 3.8) is 0 Å². The molecule has 0 bridgehead atoms. The van der Waals surface area contributed by atoms with Gasteiger partial charge in [0.1, 0.15) is 0 Å². The summed E-state index contributed by atoms with van der Waals surface area (Å²) in [4.78, 5) is 14.3. The summed E-state index contributed by atoms with van der Waals surface area (Å²) in [5, 5.41) is 0.642. The van der Waals surface area contributed by atoms with Gasteiger partial charge >= 0.3 is 0 Å². The molecule has 2 rings (SSSR count). The smallest absolute Gasteiger partial charge is 0.254 e. The van der Waals surface area contributed by atoms with E-state index in [0.717, 1.165) is 25.1 Å².